The molecule has 1 aromatic carbocycles. The summed E-state index contributed by atoms with van der Waals surface area (Å²) < 4.78 is 1.50. The summed E-state index contributed by atoms with van der Waals surface area (Å²) in [5.74, 6) is -1.66. The fourth-order valence-electron chi connectivity index (χ4n) is 2.13. The van der Waals surface area contributed by atoms with Crippen LogP contribution in [0.1, 0.15) is 21.7 Å². The Kier molecular flexibility index (Phi) is 4.46. The number of benzene rings is 1. The molecule has 0 bridgehead atoms. The van der Waals surface area contributed by atoms with Crippen LogP contribution in [0.2, 0.25) is 5.02 Å². The van der Waals surface area contributed by atoms with Gasteiger partial charge >= 0.3 is 0 Å². The van der Waals surface area contributed by atoms with Gasteiger partial charge in [-0.25, -0.2) is 0 Å². The lowest BCUT2D eigenvalue weighted by Gasteiger charge is -2.05. The number of amides is 1. The maximum atomic E-state index is 12.3. The smallest absolute Gasteiger partial charge is 0.296 e. The van der Waals surface area contributed by atoms with Crippen LogP contribution in [0, 0.1) is 24.0 Å². The highest BCUT2D eigenvalue weighted by molar-refractivity contribution is 6.47. The molecular formula is C14H13ClN4O4. The molecule has 9 heteroatoms. The molecule has 0 fully saturated rings. The van der Waals surface area contributed by atoms with E-state index in [-0.39, 0.29) is 22.0 Å². The van der Waals surface area contributed by atoms with E-state index in [1.165, 1.54) is 16.8 Å². The highest BCUT2D eigenvalue weighted by Gasteiger charge is 2.24. The average Bonchev–Trinajstić information content (AvgIpc) is 2.73. The minimum Gasteiger partial charge on any atom is -0.319 e. The van der Waals surface area contributed by atoms with Crippen molar-refractivity contribution in [2.75, 3.05) is 5.32 Å². The quantitative estimate of drug-likeness (QED) is 0.399. The van der Waals surface area contributed by atoms with E-state index in [9.17, 15) is 19.7 Å². The molecule has 0 aliphatic carbocycles. The molecule has 0 aliphatic heterocycles. The Bertz CT molecular complexity index is 828. The molecular weight excluding hydrogens is 324 g/mol. The van der Waals surface area contributed by atoms with Crippen molar-refractivity contribution < 1.29 is 14.5 Å². The third-order valence-electron chi connectivity index (χ3n) is 3.34. The molecule has 1 heterocycles. The van der Waals surface area contributed by atoms with Crippen LogP contribution >= 0.6 is 11.6 Å². The van der Waals surface area contributed by atoms with Crippen molar-refractivity contribution in [3.05, 3.63) is 50.3 Å². The Morgan fingerprint density at radius 1 is 1.35 bits per heavy atom. The van der Waals surface area contributed by atoms with Gasteiger partial charge in [-0.15, -0.1) is 0 Å². The standard InChI is InChI=1S/C14H13ClN4O4/c1-7-12(8(2)18(3)17-7)13(20)14(21)16-9-4-5-10(15)11(6-9)19(22)23/h4-6H,1-3H3,(H,16,21). The summed E-state index contributed by atoms with van der Waals surface area (Å²) in [5, 5.41) is 17.2. The van der Waals surface area contributed by atoms with Crippen LogP contribution in [0.25, 0.3) is 0 Å². The molecule has 2 rings (SSSR count). The van der Waals surface area contributed by atoms with Gasteiger partial charge in [0.25, 0.3) is 17.4 Å². The van der Waals surface area contributed by atoms with Crippen molar-refractivity contribution in [2.24, 2.45) is 7.05 Å². The summed E-state index contributed by atoms with van der Waals surface area (Å²) in [5.41, 5.74) is 0.967. The number of aromatic nitrogens is 2. The number of Topliss-reactive ketones (excluding diaryl/α,β-unsaturated/α-hetero) is 1. The Hall–Kier alpha value is -2.74. The zero-order chi connectivity index (χ0) is 17.3. The fourth-order valence-corrected chi connectivity index (χ4v) is 2.32. The van der Waals surface area contributed by atoms with E-state index in [2.05, 4.69) is 10.4 Å². The average molecular weight is 337 g/mol. The minimum absolute atomic E-state index is 0.0572. The van der Waals surface area contributed by atoms with Gasteiger partial charge in [0.05, 0.1) is 16.2 Å². The summed E-state index contributed by atoms with van der Waals surface area (Å²) in [6, 6.07) is 3.75. The maximum absolute atomic E-state index is 12.3. The van der Waals surface area contributed by atoms with E-state index < -0.39 is 16.6 Å². The third kappa shape index (κ3) is 3.21. The van der Waals surface area contributed by atoms with Gasteiger partial charge in [-0.05, 0) is 26.0 Å². The summed E-state index contributed by atoms with van der Waals surface area (Å²) >= 11 is 5.70. The zero-order valence-electron chi connectivity index (χ0n) is 12.6. The molecule has 0 spiro atoms. The molecule has 0 atom stereocenters. The lowest BCUT2D eigenvalue weighted by molar-refractivity contribution is -0.384. The molecule has 1 amide bonds. The van der Waals surface area contributed by atoms with E-state index in [1.807, 2.05) is 0 Å². The summed E-state index contributed by atoms with van der Waals surface area (Å²) in [6.45, 7) is 3.30. The lowest BCUT2D eigenvalue weighted by atomic mass is 10.1. The molecule has 2 aromatic rings. The number of nitro groups is 1. The van der Waals surface area contributed by atoms with Gasteiger partial charge in [0.1, 0.15) is 5.02 Å². The number of hydrogen-bond acceptors (Lipinski definition) is 5. The van der Waals surface area contributed by atoms with Gasteiger partial charge in [0, 0.05) is 24.5 Å². The number of nitro benzene ring substituents is 1. The summed E-state index contributed by atoms with van der Waals surface area (Å²) in [7, 11) is 1.67. The molecule has 8 nitrogen and oxygen atoms in total. The second-order valence-corrected chi connectivity index (χ2v) is 5.28. The van der Waals surface area contributed by atoms with E-state index in [0.29, 0.717) is 11.4 Å². The first-order chi connectivity index (χ1) is 10.7. The van der Waals surface area contributed by atoms with Crippen molar-refractivity contribution in [3.8, 4) is 0 Å². The number of nitrogens with one attached hydrogen (secondary N) is 1. The molecule has 1 N–H and O–H groups in total. The van der Waals surface area contributed by atoms with Gasteiger partial charge in [0.2, 0.25) is 0 Å². The molecule has 120 valence electrons. The second-order valence-electron chi connectivity index (χ2n) is 4.88. The van der Waals surface area contributed by atoms with Crippen molar-refractivity contribution in [3.63, 3.8) is 0 Å². The zero-order valence-corrected chi connectivity index (χ0v) is 13.3. The Labute approximate surface area is 136 Å². The van der Waals surface area contributed by atoms with Gasteiger partial charge in [-0.1, -0.05) is 11.6 Å². The predicted octanol–water partition coefficient (Wildman–Crippen LogP) is 2.42. The fraction of sp³-hybridized carbons (Fsp3) is 0.214. The van der Waals surface area contributed by atoms with Gasteiger partial charge in [0.15, 0.2) is 0 Å². The first-order valence-corrected chi connectivity index (χ1v) is 6.90. The Morgan fingerprint density at radius 3 is 2.52 bits per heavy atom. The van der Waals surface area contributed by atoms with Crippen molar-refractivity contribution >= 4 is 34.7 Å². The summed E-state index contributed by atoms with van der Waals surface area (Å²) in [6.07, 6.45) is 0. The van der Waals surface area contributed by atoms with Crippen LogP contribution in [-0.4, -0.2) is 26.4 Å². The highest BCUT2D eigenvalue weighted by Crippen LogP contribution is 2.27. The van der Waals surface area contributed by atoms with Gasteiger partial charge in [-0.3, -0.25) is 24.4 Å². The minimum atomic E-state index is -0.902. The van der Waals surface area contributed by atoms with Crippen LogP contribution in [0.4, 0.5) is 11.4 Å². The monoisotopic (exact) mass is 336 g/mol. The maximum Gasteiger partial charge on any atom is 0.296 e. The largest absolute Gasteiger partial charge is 0.319 e. The normalized spacial score (nSPS) is 10.4. The molecule has 0 saturated carbocycles. The number of carbonyl (C=O) groups excluding carboxylic acids is 2. The Balaban J connectivity index is 2.27. The van der Waals surface area contributed by atoms with Crippen LogP contribution in [-0.2, 0) is 11.8 Å². The Morgan fingerprint density at radius 2 is 2.00 bits per heavy atom. The third-order valence-corrected chi connectivity index (χ3v) is 3.66. The number of nitrogens with zero attached hydrogens (tertiary/aromatic N) is 3. The molecule has 1 aromatic heterocycles. The molecule has 0 radical (unpaired) electrons. The predicted molar refractivity (Wildman–Crippen MR) is 83.7 cm³/mol. The van der Waals surface area contributed by atoms with Crippen LogP contribution in [0.5, 0.6) is 0 Å². The van der Waals surface area contributed by atoms with Crippen LogP contribution in [0.3, 0.4) is 0 Å². The van der Waals surface area contributed by atoms with Gasteiger partial charge in [-0.2, -0.15) is 5.10 Å². The molecule has 0 unspecified atom stereocenters. The number of rotatable bonds is 4. The van der Waals surface area contributed by atoms with E-state index >= 15 is 0 Å². The number of carbonyl (C=O) groups is 2. The molecule has 0 aliphatic rings. The SMILES string of the molecule is Cc1nn(C)c(C)c1C(=O)C(=O)Nc1ccc(Cl)c([N+](=O)[O-])c1. The summed E-state index contributed by atoms with van der Waals surface area (Å²) in [4.78, 5) is 34.5. The van der Waals surface area contributed by atoms with Crippen LogP contribution < -0.4 is 5.32 Å². The van der Waals surface area contributed by atoms with E-state index in [1.54, 1.807) is 20.9 Å². The van der Waals surface area contributed by atoms with Crippen LogP contribution in [0.15, 0.2) is 18.2 Å². The van der Waals surface area contributed by atoms with Gasteiger partial charge < -0.3 is 5.32 Å². The number of anilines is 1. The van der Waals surface area contributed by atoms with Crippen molar-refractivity contribution in [1.29, 1.82) is 0 Å². The van der Waals surface area contributed by atoms with Crippen molar-refractivity contribution in [2.45, 2.75) is 13.8 Å². The number of hydrogen-bond donors (Lipinski definition) is 1. The highest BCUT2D eigenvalue weighted by atomic mass is 35.5. The van der Waals surface area contributed by atoms with Crippen molar-refractivity contribution in [1.82, 2.24) is 9.78 Å². The molecule has 23 heavy (non-hydrogen) atoms. The first kappa shape index (κ1) is 16.6. The first-order valence-electron chi connectivity index (χ1n) is 6.52. The number of aryl methyl sites for hydroxylation is 2. The molecule has 0 saturated heterocycles. The lowest BCUT2D eigenvalue weighted by Crippen LogP contribution is -2.24. The van der Waals surface area contributed by atoms with E-state index in [0.717, 1.165) is 6.07 Å². The number of ketones is 1. The number of halogens is 1. The second kappa shape index (κ2) is 6.17. The van der Waals surface area contributed by atoms with E-state index in [4.69, 9.17) is 11.6 Å². The topological polar surface area (TPSA) is 107 Å².